The molecule has 3 atom stereocenters. The molecular weight excluding hydrogens is 252 g/mol. The number of allylic oxidation sites excluding steroid dienone is 1. The monoisotopic (exact) mass is 272 g/mol. The summed E-state index contributed by atoms with van der Waals surface area (Å²) in [5, 5.41) is 9.74. The molecule has 4 nitrogen and oxygen atoms in total. The van der Waals surface area contributed by atoms with Crippen molar-refractivity contribution in [1.82, 2.24) is 9.55 Å². The molecule has 4 rings (SSSR count). The summed E-state index contributed by atoms with van der Waals surface area (Å²) >= 11 is 0. The van der Waals surface area contributed by atoms with E-state index in [0.29, 0.717) is 12.3 Å². The van der Waals surface area contributed by atoms with E-state index in [1.54, 1.807) is 6.33 Å². The van der Waals surface area contributed by atoms with Crippen LogP contribution in [0.25, 0.3) is 0 Å². The number of rotatable bonds is 3. The van der Waals surface area contributed by atoms with Crippen molar-refractivity contribution in [2.45, 2.75) is 51.0 Å². The van der Waals surface area contributed by atoms with Gasteiger partial charge in [0.15, 0.2) is 5.54 Å². The Morgan fingerprint density at radius 1 is 1.55 bits per heavy atom. The summed E-state index contributed by atoms with van der Waals surface area (Å²) in [4.78, 5) is 16.0. The molecule has 2 heterocycles. The van der Waals surface area contributed by atoms with Crippen LogP contribution in [0.2, 0.25) is 0 Å². The van der Waals surface area contributed by atoms with Crippen molar-refractivity contribution in [3.63, 3.8) is 0 Å². The molecule has 0 radical (unpaired) electrons. The zero-order chi connectivity index (χ0) is 13.9. The van der Waals surface area contributed by atoms with Crippen molar-refractivity contribution in [3.8, 4) is 0 Å². The number of nitrogens with zero attached hydrogens (tertiary/aromatic N) is 2. The summed E-state index contributed by atoms with van der Waals surface area (Å²) in [5.74, 6) is 0.605. The first-order valence-corrected chi connectivity index (χ1v) is 7.64. The molecule has 3 unspecified atom stereocenters. The predicted octanol–water partition coefficient (Wildman–Crippen LogP) is 2.75. The number of imidazole rings is 1. The number of aromatic nitrogens is 2. The van der Waals surface area contributed by atoms with E-state index in [0.717, 1.165) is 24.5 Å². The van der Waals surface area contributed by atoms with Crippen LogP contribution in [0, 0.1) is 11.8 Å². The minimum atomic E-state index is -0.781. The van der Waals surface area contributed by atoms with Crippen molar-refractivity contribution in [2.24, 2.45) is 11.8 Å². The van der Waals surface area contributed by atoms with Gasteiger partial charge in [0.2, 0.25) is 0 Å². The van der Waals surface area contributed by atoms with Gasteiger partial charge in [-0.05, 0) is 36.7 Å². The summed E-state index contributed by atoms with van der Waals surface area (Å²) in [5.41, 5.74) is 2.97. The highest BCUT2D eigenvalue weighted by Crippen LogP contribution is 2.59. The number of aliphatic carboxylic acids is 1. The lowest BCUT2D eigenvalue weighted by atomic mass is 9.96. The topological polar surface area (TPSA) is 55.1 Å². The number of hydrogen-bond donors (Lipinski definition) is 1. The molecule has 2 fully saturated rings. The van der Waals surface area contributed by atoms with Crippen LogP contribution in [0.1, 0.15) is 44.7 Å². The van der Waals surface area contributed by atoms with Gasteiger partial charge in [0.1, 0.15) is 0 Å². The summed E-state index contributed by atoms with van der Waals surface area (Å²) in [6.07, 6.45) is 10.1. The standard InChI is InChI=1S/C16H20N2O2/c1-2-3-10-4-11-6-12-8-17-9-18(12)16(15(19)20)7-14(16)13(11)5-10/h8-11H,2-7H2,1H3,(H,19,20). The van der Waals surface area contributed by atoms with Gasteiger partial charge < -0.3 is 9.67 Å². The molecule has 1 N–H and O–H groups in total. The third-order valence-electron chi connectivity index (χ3n) is 5.45. The van der Waals surface area contributed by atoms with E-state index in [2.05, 4.69) is 11.9 Å². The summed E-state index contributed by atoms with van der Waals surface area (Å²) < 4.78 is 1.92. The molecule has 1 aromatic rings. The molecule has 4 heteroatoms. The van der Waals surface area contributed by atoms with Crippen LogP contribution in [-0.4, -0.2) is 20.6 Å². The second-order valence-corrected chi connectivity index (χ2v) is 6.60. The van der Waals surface area contributed by atoms with E-state index in [9.17, 15) is 9.90 Å². The second-order valence-electron chi connectivity index (χ2n) is 6.60. The first-order chi connectivity index (χ1) is 9.66. The summed E-state index contributed by atoms with van der Waals surface area (Å²) in [6, 6.07) is 0. The lowest BCUT2D eigenvalue weighted by Gasteiger charge is -2.15. The third-order valence-corrected chi connectivity index (χ3v) is 5.45. The van der Waals surface area contributed by atoms with E-state index >= 15 is 0 Å². The van der Waals surface area contributed by atoms with Crippen LogP contribution in [0.4, 0.5) is 0 Å². The van der Waals surface area contributed by atoms with E-state index in [1.807, 2.05) is 10.8 Å². The van der Waals surface area contributed by atoms with Crippen molar-refractivity contribution < 1.29 is 9.90 Å². The molecule has 1 aromatic heterocycles. The second kappa shape index (κ2) is 3.96. The molecule has 0 aromatic carbocycles. The number of fused-ring (bicyclic) bond motifs is 4. The molecule has 106 valence electrons. The van der Waals surface area contributed by atoms with Gasteiger partial charge in [-0.3, -0.25) is 0 Å². The first-order valence-electron chi connectivity index (χ1n) is 7.64. The van der Waals surface area contributed by atoms with Gasteiger partial charge >= 0.3 is 5.97 Å². The summed E-state index contributed by atoms with van der Waals surface area (Å²) in [7, 11) is 0. The molecule has 0 bridgehead atoms. The lowest BCUT2D eigenvalue weighted by Crippen LogP contribution is -2.28. The van der Waals surface area contributed by atoms with Crippen LogP contribution >= 0.6 is 0 Å². The Labute approximate surface area is 118 Å². The number of hydrogen-bond acceptors (Lipinski definition) is 2. The van der Waals surface area contributed by atoms with Gasteiger partial charge in [0, 0.05) is 18.3 Å². The van der Waals surface area contributed by atoms with Crippen LogP contribution in [0.5, 0.6) is 0 Å². The molecule has 1 aliphatic heterocycles. The van der Waals surface area contributed by atoms with Crippen molar-refractivity contribution >= 4 is 5.97 Å². The van der Waals surface area contributed by atoms with Gasteiger partial charge in [-0.15, -0.1) is 0 Å². The molecule has 2 saturated carbocycles. The van der Waals surface area contributed by atoms with Crippen molar-refractivity contribution in [2.75, 3.05) is 0 Å². The molecule has 2 aliphatic carbocycles. The van der Waals surface area contributed by atoms with E-state index in [1.165, 1.54) is 30.4 Å². The number of carboxylic acids is 1. The minimum Gasteiger partial charge on any atom is -0.479 e. The molecule has 0 amide bonds. The molecule has 0 spiro atoms. The maximum absolute atomic E-state index is 11.8. The molecule has 20 heavy (non-hydrogen) atoms. The quantitative estimate of drug-likeness (QED) is 0.861. The number of carbonyl (C=O) groups is 1. The highest BCUT2D eigenvalue weighted by molar-refractivity contribution is 5.88. The Kier molecular flexibility index (Phi) is 2.41. The van der Waals surface area contributed by atoms with E-state index in [-0.39, 0.29) is 0 Å². The highest BCUT2D eigenvalue weighted by Gasteiger charge is 2.61. The fraction of sp³-hybridized carbons (Fsp3) is 0.625. The van der Waals surface area contributed by atoms with Crippen molar-refractivity contribution in [1.29, 1.82) is 0 Å². The SMILES string of the molecule is CCCC1CC2=C3CC3(C(=O)O)n3cncc3CC2C1. The lowest BCUT2D eigenvalue weighted by molar-refractivity contribution is -0.141. The fourth-order valence-electron chi connectivity index (χ4n) is 4.51. The van der Waals surface area contributed by atoms with Gasteiger partial charge in [0.25, 0.3) is 0 Å². The van der Waals surface area contributed by atoms with E-state index in [4.69, 9.17) is 0 Å². The normalized spacial score (nSPS) is 34.2. The van der Waals surface area contributed by atoms with Crippen LogP contribution in [0.3, 0.4) is 0 Å². The van der Waals surface area contributed by atoms with Gasteiger partial charge in [-0.2, -0.15) is 0 Å². The minimum absolute atomic E-state index is 0.556. The summed E-state index contributed by atoms with van der Waals surface area (Å²) in [6.45, 7) is 2.24. The average Bonchev–Trinajstić information content (AvgIpc) is 2.82. The maximum Gasteiger partial charge on any atom is 0.334 e. The highest BCUT2D eigenvalue weighted by atomic mass is 16.4. The van der Waals surface area contributed by atoms with Crippen molar-refractivity contribution in [3.05, 3.63) is 29.4 Å². The smallest absolute Gasteiger partial charge is 0.334 e. The molecular formula is C16H20N2O2. The van der Waals surface area contributed by atoms with Crippen LogP contribution < -0.4 is 0 Å². The fourth-order valence-corrected chi connectivity index (χ4v) is 4.51. The third kappa shape index (κ3) is 1.42. The Hall–Kier alpha value is -1.58. The zero-order valence-corrected chi connectivity index (χ0v) is 11.8. The van der Waals surface area contributed by atoms with E-state index < -0.39 is 11.5 Å². The Morgan fingerprint density at radius 3 is 3.15 bits per heavy atom. The largest absolute Gasteiger partial charge is 0.479 e. The molecule has 3 aliphatic rings. The molecule has 0 saturated heterocycles. The Bertz CT molecular complexity index is 616. The predicted molar refractivity (Wildman–Crippen MR) is 74.3 cm³/mol. The Morgan fingerprint density at radius 2 is 2.40 bits per heavy atom. The van der Waals surface area contributed by atoms with Gasteiger partial charge in [0.05, 0.1) is 6.33 Å². The van der Waals surface area contributed by atoms with Gasteiger partial charge in [-0.25, -0.2) is 9.78 Å². The first kappa shape index (κ1) is 12.2. The zero-order valence-electron chi connectivity index (χ0n) is 11.8. The maximum atomic E-state index is 11.8. The Balaban J connectivity index is 1.79. The average molecular weight is 272 g/mol. The van der Waals surface area contributed by atoms with Gasteiger partial charge in [-0.1, -0.05) is 25.3 Å². The van der Waals surface area contributed by atoms with Crippen LogP contribution in [0.15, 0.2) is 23.7 Å². The van der Waals surface area contributed by atoms with Crippen LogP contribution in [-0.2, 0) is 16.8 Å². The number of carboxylic acid groups (broad SMARTS) is 1.